The molecule has 0 saturated heterocycles. The highest BCUT2D eigenvalue weighted by Crippen LogP contribution is 2.29. The molecule has 0 spiro atoms. The third-order valence-electron chi connectivity index (χ3n) is 3.21. The zero-order valence-corrected chi connectivity index (χ0v) is 9.85. The zero-order chi connectivity index (χ0) is 12.1. The van der Waals surface area contributed by atoms with E-state index in [1.54, 1.807) is 12.3 Å². The monoisotopic (exact) mass is 234 g/mol. The smallest absolute Gasteiger partial charge is 0.222 e. The molecule has 0 bridgehead atoms. The van der Waals surface area contributed by atoms with Crippen LogP contribution in [0.1, 0.15) is 37.8 Å². The topological polar surface area (TPSA) is 80.9 Å². The molecule has 17 heavy (non-hydrogen) atoms. The number of hydrogen-bond acceptors (Lipinski definition) is 4. The highest BCUT2D eigenvalue weighted by atomic mass is 16.1. The van der Waals surface area contributed by atoms with Gasteiger partial charge in [-0.25, -0.2) is 0 Å². The Balaban J connectivity index is 1.78. The van der Waals surface area contributed by atoms with Gasteiger partial charge in [-0.05, 0) is 25.0 Å². The second-order valence-electron chi connectivity index (χ2n) is 4.74. The summed E-state index contributed by atoms with van der Waals surface area (Å²) in [7, 11) is 0. The third kappa shape index (κ3) is 3.49. The molecule has 1 amide bonds. The largest absolute Gasteiger partial charge is 0.350 e. The fourth-order valence-corrected chi connectivity index (χ4v) is 2.26. The van der Waals surface area contributed by atoms with E-state index in [1.807, 2.05) is 6.07 Å². The van der Waals surface area contributed by atoms with E-state index in [9.17, 15) is 4.79 Å². The van der Waals surface area contributed by atoms with Crippen molar-refractivity contribution in [1.82, 2.24) is 15.5 Å². The molecule has 5 heteroatoms. The molecule has 92 valence electrons. The molecule has 1 saturated carbocycles. The summed E-state index contributed by atoms with van der Waals surface area (Å²) in [6, 6.07) is 3.64. The Morgan fingerprint density at radius 2 is 2.24 bits per heavy atom. The Morgan fingerprint density at radius 3 is 2.88 bits per heavy atom. The van der Waals surface area contributed by atoms with Crippen LogP contribution in [0.3, 0.4) is 0 Å². The summed E-state index contributed by atoms with van der Waals surface area (Å²) < 4.78 is 0. The van der Waals surface area contributed by atoms with E-state index in [0.717, 1.165) is 31.4 Å². The van der Waals surface area contributed by atoms with Gasteiger partial charge in [0.25, 0.3) is 0 Å². The molecule has 1 aliphatic rings. The number of amides is 1. The lowest BCUT2D eigenvalue weighted by atomic mass is 9.94. The average Bonchev–Trinajstić information content (AvgIpc) is 2.74. The van der Waals surface area contributed by atoms with Gasteiger partial charge in [0.15, 0.2) is 0 Å². The molecule has 0 aliphatic heterocycles. The first-order valence-corrected chi connectivity index (χ1v) is 6.00. The first-order chi connectivity index (χ1) is 8.18. The van der Waals surface area contributed by atoms with Crippen molar-refractivity contribution < 1.29 is 4.79 Å². The molecule has 1 heterocycles. The lowest BCUT2D eigenvalue weighted by molar-refractivity contribution is -0.122. The molecule has 1 fully saturated rings. The standard InChI is InChI=1S/C12H18N4O/c13-12(5-1-2-6-12)8-11(17)14-9-10-4-3-7-15-16-10/h3-4,7H,1-2,5-6,8-9,13H2,(H,14,17). The van der Waals surface area contributed by atoms with Crippen molar-refractivity contribution in [1.29, 1.82) is 0 Å². The van der Waals surface area contributed by atoms with Gasteiger partial charge < -0.3 is 11.1 Å². The quantitative estimate of drug-likeness (QED) is 0.805. The summed E-state index contributed by atoms with van der Waals surface area (Å²) in [6.07, 6.45) is 6.19. The van der Waals surface area contributed by atoms with Crippen molar-refractivity contribution in [2.75, 3.05) is 0 Å². The molecule has 0 aromatic carbocycles. The Morgan fingerprint density at radius 1 is 1.47 bits per heavy atom. The number of carbonyl (C=O) groups is 1. The molecule has 5 nitrogen and oxygen atoms in total. The van der Waals surface area contributed by atoms with Crippen molar-refractivity contribution in [3.8, 4) is 0 Å². The summed E-state index contributed by atoms with van der Waals surface area (Å²) >= 11 is 0. The summed E-state index contributed by atoms with van der Waals surface area (Å²) in [5.74, 6) is 0.0000491. The number of nitrogens with zero attached hydrogens (tertiary/aromatic N) is 2. The van der Waals surface area contributed by atoms with Crippen LogP contribution in [0.2, 0.25) is 0 Å². The number of carbonyl (C=O) groups excluding carboxylic acids is 1. The number of hydrogen-bond donors (Lipinski definition) is 2. The Hall–Kier alpha value is -1.49. The maximum absolute atomic E-state index is 11.7. The molecule has 0 atom stereocenters. The maximum Gasteiger partial charge on any atom is 0.222 e. The average molecular weight is 234 g/mol. The number of rotatable bonds is 4. The van der Waals surface area contributed by atoms with Crippen LogP contribution < -0.4 is 11.1 Å². The van der Waals surface area contributed by atoms with Gasteiger partial charge in [0.1, 0.15) is 0 Å². The minimum absolute atomic E-state index is 0.0000491. The first kappa shape index (κ1) is 12.0. The SMILES string of the molecule is NC1(CC(=O)NCc2cccnn2)CCCC1. The molecular formula is C12H18N4O. The first-order valence-electron chi connectivity index (χ1n) is 6.00. The van der Waals surface area contributed by atoms with E-state index in [1.165, 1.54) is 0 Å². The van der Waals surface area contributed by atoms with E-state index in [2.05, 4.69) is 15.5 Å². The van der Waals surface area contributed by atoms with E-state index >= 15 is 0 Å². The summed E-state index contributed by atoms with van der Waals surface area (Å²) in [6.45, 7) is 0.419. The molecule has 0 unspecified atom stereocenters. The normalized spacial score (nSPS) is 17.9. The Bertz CT molecular complexity index is 373. The van der Waals surface area contributed by atoms with Gasteiger partial charge in [-0.3, -0.25) is 4.79 Å². The van der Waals surface area contributed by atoms with Crippen molar-refractivity contribution in [2.24, 2.45) is 5.73 Å². The van der Waals surface area contributed by atoms with Gasteiger partial charge in [-0.15, -0.1) is 0 Å². The van der Waals surface area contributed by atoms with Gasteiger partial charge in [0.05, 0.1) is 12.2 Å². The predicted molar refractivity (Wildman–Crippen MR) is 63.9 cm³/mol. The predicted octanol–water partition coefficient (Wildman–Crippen LogP) is 0.754. The second kappa shape index (κ2) is 5.23. The van der Waals surface area contributed by atoms with E-state index in [0.29, 0.717) is 13.0 Å². The molecule has 2 rings (SSSR count). The fourth-order valence-electron chi connectivity index (χ4n) is 2.26. The minimum atomic E-state index is -0.285. The molecule has 0 radical (unpaired) electrons. The number of nitrogens with one attached hydrogen (secondary N) is 1. The lowest BCUT2D eigenvalue weighted by Gasteiger charge is -2.22. The van der Waals surface area contributed by atoms with Gasteiger partial charge >= 0.3 is 0 Å². The maximum atomic E-state index is 11.7. The summed E-state index contributed by atoms with van der Waals surface area (Å²) in [5.41, 5.74) is 6.62. The van der Waals surface area contributed by atoms with Crippen molar-refractivity contribution in [2.45, 2.75) is 44.2 Å². The number of aromatic nitrogens is 2. The zero-order valence-electron chi connectivity index (χ0n) is 9.85. The van der Waals surface area contributed by atoms with Crippen LogP contribution in [0.4, 0.5) is 0 Å². The molecular weight excluding hydrogens is 216 g/mol. The van der Waals surface area contributed by atoms with Crippen molar-refractivity contribution in [3.05, 3.63) is 24.0 Å². The summed E-state index contributed by atoms with van der Waals surface area (Å²) in [4.78, 5) is 11.7. The highest BCUT2D eigenvalue weighted by Gasteiger charge is 2.31. The van der Waals surface area contributed by atoms with Crippen LogP contribution in [0.5, 0.6) is 0 Å². The van der Waals surface area contributed by atoms with Crippen LogP contribution in [-0.4, -0.2) is 21.6 Å². The lowest BCUT2D eigenvalue weighted by Crippen LogP contribution is -2.42. The van der Waals surface area contributed by atoms with Crippen LogP contribution in [0.25, 0.3) is 0 Å². The van der Waals surface area contributed by atoms with E-state index in [4.69, 9.17) is 5.73 Å². The van der Waals surface area contributed by atoms with E-state index in [-0.39, 0.29) is 11.4 Å². The van der Waals surface area contributed by atoms with Gasteiger partial charge in [0, 0.05) is 18.2 Å². The highest BCUT2D eigenvalue weighted by molar-refractivity contribution is 5.77. The second-order valence-corrected chi connectivity index (χ2v) is 4.74. The molecule has 1 aliphatic carbocycles. The van der Waals surface area contributed by atoms with Gasteiger partial charge in [0.2, 0.25) is 5.91 Å². The van der Waals surface area contributed by atoms with Crippen LogP contribution in [0, 0.1) is 0 Å². The van der Waals surface area contributed by atoms with Crippen LogP contribution in [0.15, 0.2) is 18.3 Å². The van der Waals surface area contributed by atoms with E-state index < -0.39 is 0 Å². The minimum Gasteiger partial charge on any atom is -0.350 e. The Labute approximate surface area is 101 Å². The molecule has 1 aromatic heterocycles. The third-order valence-corrected chi connectivity index (χ3v) is 3.21. The summed E-state index contributed by atoms with van der Waals surface area (Å²) in [5, 5.41) is 10.5. The Kier molecular flexibility index (Phi) is 3.68. The molecule has 3 N–H and O–H groups in total. The van der Waals surface area contributed by atoms with Gasteiger partial charge in [-0.1, -0.05) is 12.8 Å². The van der Waals surface area contributed by atoms with Gasteiger partial charge in [-0.2, -0.15) is 10.2 Å². The fraction of sp³-hybridized carbons (Fsp3) is 0.583. The number of nitrogens with two attached hydrogens (primary N) is 1. The van der Waals surface area contributed by atoms with Crippen LogP contribution >= 0.6 is 0 Å². The van der Waals surface area contributed by atoms with Crippen LogP contribution in [-0.2, 0) is 11.3 Å². The van der Waals surface area contributed by atoms with Crippen molar-refractivity contribution in [3.63, 3.8) is 0 Å². The van der Waals surface area contributed by atoms with Crippen molar-refractivity contribution >= 4 is 5.91 Å². The molecule has 1 aromatic rings.